The molecule has 2 aromatic carbocycles. The van der Waals surface area contributed by atoms with Gasteiger partial charge in [-0.05, 0) is 40.8 Å². The van der Waals surface area contributed by atoms with Gasteiger partial charge in [0.1, 0.15) is 0 Å². The molecular weight excluding hydrogens is 266 g/mol. The summed E-state index contributed by atoms with van der Waals surface area (Å²) in [7, 11) is 0. The molecule has 0 heterocycles. The van der Waals surface area contributed by atoms with Crippen LogP contribution in [0.25, 0.3) is 11.1 Å². The van der Waals surface area contributed by atoms with Crippen LogP contribution in [0, 0.1) is 0 Å². The van der Waals surface area contributed by atoms with Gasteiger partial charge in [-0.25, -0.2) is 4.79 Å². The summed E-state index contributed by atoms with van der Waals surface area (Å²) >= 11 is 0. The van der Waals surface area contributed by atoms with E-state index in [-0.39, 0.29) is 12.5 Å². The number of hydrogen-bond acceptors (Lipinski definition) is 2. The molecule has 106 valence electrons. The Kier molecular flexibility index (Phi) is 3.31. The van der Waals surface area contributed by atoms with Gasteiger partial charge in [0.25, 0.3) is 0 Å². The van der Waals surface area contributed by atoms with Crippen LogP contribution < -0.4 is 16.4 Å². The maximum atomic E-state index is 11.7. The summed E-state index contributed by atoms with van der Waals surface area (Å²) in [5, 5.41) is 5.00. The largest absolute Gasteiger partial charge is 0.352 e. The van der Waals surface area contributed by atoms with Crippen molar-refractivity contribution in [3.63, 3.8) is 0 Å². The van der Waals surface area contributed by atoms with E-state index in [0.717, 1.165) is 12.1 Å². The zero-order valence-corrected chi connectivity index (χ0v) is 11.3. The number of anilines is 1. The predicted octanol–water partition coefficient (Wildman–Crippen LogP) is 1.86. The highest BCUT2D eigenvalue weighted by molar-refractivity contribution is 5.94. The Morgan fingerprint density at radius 1 is 1.05 bits per heavy atom. The van der Waals surface area contributed by atoms with Crippen LogP contribution >= 0.6 is 0 Å². The third kappa shape index (κ3) is 2.72. The van der Waals surface area contributed by atoms with Crippen molar-refractivity contribution in [3.8, 4) is 11.1 Å². The van der Waals surface area contributed by atoms with Crippen LogP contribution in [0.15, 0.2) is 42.5 Å². The molecule has 0 bridgehead atoms. The molecule has 2 aromatic rings. The average Bonchev–Trinajstić information content (AvgIpc) is 2.82. The number of nitrogens with two attached hydrogens (primary N) is 1. The fraction of sp³-hybridized carbons (Fsp3) is 0.125. The number of primary amides is 1. The lowest BCUT2D eigenvalue weighted by atomic mass is 10.1. The topological polar surface area (TPSA) is 84.2 Å². The summed E-state index contributed by atoms with van der Waals surface area (Å²) in [4.78, 5) is 22.2. The van der Waals surface area contributed by atoms with Gasteiger partial charge in [-0.2, -0.15) is 0 Å². The predicted molar refractivity (Wildman–Crippen MR) is 80.9 cm³/mol. The first-order chi connectivity index (χ1) is 10.1. The van der Waals surface area contributed by atoms with E-state index in [1.807, 2.05) is 30.3 Å². The van der Waals surface area contributed by atoms with Crippen LogP contribution in [0.4, 0.5) is 10.5 Å². The van der Waals surface area contributed by atoms with Crippen LogP contribution in [-0.2, 0) is 11.2 Å². The van der Waals surface area contributed by atoms with Crippen LogP contribution in [0.5, 0.6) is 0 Å². The van der Waals surface area contributed by atoms with Gasteiger partial charge in [0.2, 0.25) is 5.91 Å². The molecule has 0 aromatic heterocycles. The fourth-order valence-corrected chi connectivity index (χ4v) is 2.60. The van der Waals surface area contributed by atoms with Crippen molar-refractivity contribution in [2.24, 2.45) is 5.73 Å². The number of nitrogens with one attached hydrogen (secondary N) is 2. The van der Waals surface area contributed by atoms with Gasteiger partial charge in [-0.15, -0.1) is 0 Å². The first kappa shape index (κ1) is 13.2. The van der Waals surface area contributed by atoms with E-state index < -0.39 is 6.03 Å². The molecule has 0 unspecified atom stereocenters. The summed E-state index contributed by atoms with van der Waals surface area (Å²) in [6.07, 6.45) is 0.870. The monoisotopic (exact) mass is 281 g/mol. The summed E-state index contributed by atoms with van der Waals surface area (Å²) in [6, 6.07) is 13.4. The summed E-state index contributed by atoms with van der Waals surface area (Å²) in [5.74, 6) is -0.302. The molecule has 1 aliphatic rings. The van der Waals surface area contributed by atoms with Gasteiger partial charge in [0.15, 0.2) is 0 Å². The quantitative estimate of drug-likeness (QED) is 0.684. The van der Waals surface area contributed by atoms with Gasteiger partial charge in [-0.1, -0.05) is 30.3 Å². The van der Waals surface area contributed by atoms with E-state index in [0.29, 0.717) is 0 Å². The van der Waals surface area contributed by atoms with E-state index in [9.17, 15) is 9.59 Å². The van der Waals surface area contributed by atoms with Crippen molar-refractivity contribution in [2.75, 3.05) is 11.9 Å². The summed E-state index contributed by atoms with van der Waals surface area (Å²) in [6.45, 7) is -0.132. The van der Waals surface area contributed by atoms with E-state index in [1.165, 1.54) is 22.3 Å². The number of carbonyl (C=O) groups excluding carboxylic acids is 2. The third-order valence-electron chi connectivity index (χ3n) is 3.50. The number of amides is 3. The van der Waals surface area contributed by atoms with E-state index in [2.05, 4.69) is 22.8 Å². The second-order valence-corrected chi connectivity index (χ2v) is 4.97. The molecule has 4 N–H and O–H groups in total. The van der Waals surface area contributed by atoms with Gasteiger partial charge in [0.05, 0.1) is 6.54 Å². The van der Waals surface area contributed by atoms with E-state index in [4.69, 9.17) is 5.73 Å². The second-order valence-electron chi connectivity index (χ2n) is 4.97. The minimum atomic E-state index is -0.713. The lowest BCUT2D eigenvalue weighted by Crippen LogP contribution is -2.36. The molecule has 0 atom stereocenters. The molecule has 0 saturated carbocycles. The minimum absolute atomic E-state index is 0.132. The standard InChI is InChI=1S/C16H15N3O2/c17-16(21)18-9-15(20)19-12-5-6-14-11(8-12)7-10-3-1-2-4-13(10)14/h1-6,8H,7,9H2,(H,19,20)(H3,17,18,21). The Morgan fingerprint density at radius 2 is 1.81 bits per heavy atom. The van der Waals surface area contributed by atoms with Gasteiger partial charge < -0.3 is 16.4 Å². The van der Waals surface area contributed by atoms with Crippen molar-refractivity contribution in [2.45, 2.75) is 6.42 Å². The Balaban J connectivity index is 1.75. The molecule has 0 spiro atoms. The zero-order chi connectivity index (χ0) is 14.8. The summed E-state index contributed by atoms with van der Waals surface area (Å²) < 4.78 is 0. The molecule has 5 heteroatoms. The van der Waals surface area contributed by atoms with Crippen LogP contribution in [0.2, 0.25) is 0 Å². The first-order valence-electron chi connectivity index (χ1n) is 6.68. The second kappa shape index (κ2) is 5.28. The maximum absolute atomic E-state index is 11.7. The maximum Gasteiger partial charge on any atom is 0.312 e. The van der Waals surface area contributed by atoms with Crippen LogP contribution in [0.3, 0.4) is 0 Å². The van der Waals surface area contributed by atoms with Crippen molar-refractivity contribution >= 4 is 17.6 Å². The number of rotatable bonds is 3. The molecular formula is C16H15N3O2. The van der Waals surface area contributed by atoms with Crippen molar-refractivity contribution in [1.29, 1.82) is 0 Å². The van der Waals surface area contributed by atoms with Crippen molar-refractivity contribution < 1.29 is 9.59 Å². The molecule has 0 fully saturated rings. The van der Waals surface area contributed by atoms with Gasteiger partial charge >= 0.3 is 6.03 Å². The molecule has 21 heavy (non-hydrogen) atoms. The average molecular weight is 281 g/mol. The highest BCUT2D eigenvalue weighted by atomic mass is 16.2. The van der Waals surface area contributed by atoms with Crippen LogP contribution in [0.1, 0.15) is 11.1 Å². The lowest BCUT2D eigenvalue weighted by molar-refractivity contribution is -0.115. The summed E-state index contributed by atoms with van der Waals surface area (Å²) in [5.41, 5.74) is 10.6. The third-order valence-corrected chi connectivity index (χ3v) is 3.50. The van der Waals surface area contributed by atoms with E-state index >= 15 is 0 Å². The Hall–Kier alpha value is -2.82. The molecule has 0 saturated heterocycles. The highest BCUT2D eigenvalue weighted by Gasteiger charge is 2.18. The number of fused-ring (bicyclic) bond motifs is 3. The Bertz CT molecular complexity index is 725. The molecule has 3 rings (SSSR count). The van der Waals surface area contributed by atoms with Gasteiger partial charge in [-0.3, -0.25) is 4.79 Å². The smallest absolute Gasteiger partial charge is 0.312 e. The van der Waals surface area contributed by atoms with E-state index in [1.54, 1.807) is 0 Å². The van der Waals surface area contributed by atoms with Crippen molar-refractivity contribution in [3.05, 3.63) is 53.6 Å². The Morgan fingerprint density at radius 3 is 2.62 bits per heavy atom. The number of urea groups is 1. The molecule has 0 radical (unpaired) electrons. The zero-order valence-electron chi connectivity index (χ0n) is 11.3. The van der Waals surface area contributed by atoms with Gasteiger partial charge in [0, 0.05) is 5.69 Å². The fourth-order valence-electron chi connectivity index (χ4n) is 2.60. The lowest BCUT2D eigenvalue weighted by Gasteiger charge is -2.08. The minimum Gasteiger partial charge on any atom is -0.352 e. The number of benzene rings is 2. The first-order valence-corrected chi connectivity index (χ1v) is 6.68. The Labute approximate surface area is 122 Å². The number of hydrogen-bond donors (Lipinski definition) is 3. The van der Waals surface area contributed by atoms with Crippen molar-refractivity contribution in [1.82, 2.24) is 5.32 Å². The molecule has 3 amide bonds. The number of carbonyl (C=O) groups is 2. The SMILES string of the molecule is NC(=O)NCC(=O)Nc1ccc2c(c1)Cc1ccccc1-2. The van der Waals surface area contributed by atoms with Crippen LogP contribution in [-0.4, -0.2) is 18.5 Å². The normalized spacial score (nSPS) is 11.4. The highest BCUT2D eigenvalue weighted by Crippen LogP contribution is 2.37. The molecule has 5 nitrogen and oxygen atoms in total. The molecule has 0 aliphatic heterocycles. The molecule has 1 aliphatic carbocycles.